The Morgan fingerprint density at radius 3 is 2.53 bits per heavy atom. The molecule has 8 heteroatoms. The summed E-state index contributed by atoms with van der Waals surface area (Å²) in [6.07, 6.45) is 0. The minimum Gasteiger partial charge on any atom is -0.486 e. The molecule has 3 aromatic rings. The number of nitrogens with zero attached hydrogens (tertiary/aromatic N) is 2. The molecule has 1 atom stereocenters. The van der Waals surface area contributed by atoms with Gasteiger partial charge < -0.3 is 14.8 Å². The van der Waals surface area contributed by atoms with Gasteiger partial charge in [0, 0.05) is 16.8 Å². The molecule has 30 heavy (non-hydrogen) atoms. The molecule has 0 unspecified atom stereocenters. The van der Waals surface area contributed by atoms with Crippen LogP contribution in [0.25, 0.3) is 5.69 Å². The first-order valence-corrected chi connectivity index (χ1v) is 9.87. The Balaban J connectivity index is 1.59. The second kappa shape index (κ2) is 8.20. The van der Waals surface area contributed by atoms with Gasteiger partial charge in [0.1, 0.15) is 13.2 Å². The lowest BCUT2D eigenvalue weighted by Crippen LogP contribution is -2.33. The first-order valence-electron chi connectivity index (χ1n) is 9.50. The standard InChI is InChI=1S/C22H20ClN3O4/c1-13-11-18(27)21(25-26(13)17-6-4-16(23)5-7-17)22(28)24-14(2)15-3-8-19-20(12-15)30-10-9-29-19/h3-8,11-12,14H,9-10H2,1-2H3,(H,24,28)/t14-/m1/s1. The SMILES string of the molecule is Cc1cc(=O)c(C(=O)N[C@H](C)c2ccc3c(c2)OCCO3)nn1-c1ccc(Cl)cc1. The van der Waals surface area contributed by atoms with Crippen LogP contribution in [-0.4, -0.2) is 28.9 Å². The smallest absolute Gasteiger partial charge is 0.276 e. The third-order valence-electron chi connectivity index (χ3n) is 4.81. The van der Waals surface area contributed by atoms with Gasteiger partial charge in [0.15, 0.2) is 17.2 Å². The van der Waals surface area contributed by atoms with Crippen LogP contribution in [0.15, 0.2) is 53.3 Å². The second-order valence-electron chi connectivity index (χ2n) is 6.99. The lowest BCUT2D eigenvalue weighted by molar-refractivity contribution is 0.0931. The van der Waals surface area contributed by atoms with Crippen molar-refractivity contribution in [3.63, 3.8) is 0 Å². The number of carbonyl (C=O) groups is 1. The molecule has 1 N–H and O–H groups in total. The minimum absolute atomic E-state index is 0.181. The van der Waals surface area contributed by atoms with Crippen molar-refractivity contribution in [2.45, 2.75) is 19.9 Å². The number of fused-ring (bicyclic) bond motifs is 1. The fourth-order valence-corrected chi connectivity index (χ4v) is 3.35. The number of halogens is 1. The highest BCUT2D eigenvalue weighted by atomic mass is 35.5. The monoisotopic (exact) mass is 425 g/mol. The third kappa shape index (κ3) is 4.02. The van der Waals surface area contributed by atoms with E-state index in [0.717, 1.165) is 5.56 Å². The van der Waals surface area contributed by atoms with Crippen LogP contribution in [0.4, 0.5) is 0 Å². The topological polar surface area (TPSA) is 82.5 Å². The third-order valence-corrected chi connectivity index (χ3v) is 5.06. The lowest BCUT2D eigenvalue weighted by Gasteiger charge is -2.21. The highest BCUT2D eigenvalue weighted by Gasteiger charge is 2.20. The van der Waals surface area contributed by atoms with Gasteiger partial charge in [-0.05, 0) is 55.8 Å². The Hall–Kier alpha value is -3.32. The van der Waals surface area contributed by atoms with E-state index in [1.807, 2.05) is 25.1 Å². The van der Waals surface area contributed by atoms with Crippen LogP contribution in [0.2, 0.25) is 5.02 Å². The number of ether oxygens (including phenoxy) is 2. The zero-order valence-corrected chi connectivity index (χ0v) is 17.3. The summed E-state index contributed by atoms with van der Waals surface area (Å²) in [4.78, 5) is 25.3. The van der Waals surface area contributed by atoms with E-state index < -0.39 is 11.3 Å². The van der Waals surface area contributed by atoms with Crippen LogP contribution in [0.5, 0.6) is 11.5 Å². The van der Waals surface area contributed by atoms with Crippen molar-refractivity contribution in [1.82, 2.24) is 15.1 Å². The van der Waals surface area contributed by atoms with E-state index in [4.69, 9.17) is 21.1 Å². The molecule has 0 saturated heterocycles. The summed E-state index contributed by atoms with van der Waals surface area (Å²) in [6, 6.07) is 13.5. The Kier molecular flexibility index (Phi) is 5.46. The Labute approximate surface area is 178 Å². The van der Waals surface area contributed by atoms with Crippen molar-refractivity contribution in [3.05, 3.63) is 80.7 Å². The van der Waals surface area contributed by atoms with E-state index in [2.05, 4.69) is 10.4 Å². The molecule has 0 bridgehead atoms. The van der Waals surface area contributed by atoms with Crippen molar-refractivity contribution in [2.75, 3.05) is 13.2 Å². The first kappa shape index (κ1) is 20.0. The summed E-state index contributed by atoms with van der Waals surface area (Å²) in [7, 11) is 0. The predicted molar refractivity (Wildman–Crippen MR) is 113 cm³/mol. The molecule has 0 fully saturated rings. The molecule has 2 aromatic carbocycles. The van der Waals surface area contributed by atoms with E-state index >= 15 is 0 Å². The zero-order chi connectivity index (χ0) is 21.3. The van der Waals surface area contributed by atoms with Crippen molar-refractivity contribution < 1.29 is 14.3 Å². The van der Waals surface area contributed by atoms with Gasteiger partial charge in [-0.15, -0.1) is 0 Å². The quantitative estimate of drug-likeness (QED) is 0.692. The summed E-state index contributed by atoms with van der Waals surface area (Å²) in [5.74, 6) is 0.762. The van der Waals surface area contributed by atoms with Crippen LogP contribution in [0, 0.1) is 6.92 Å². The molecular formula is C22H20ClN3O4. The number of hydrogen-bond acceptors (Lipinski definition) is 5. The van der Waals surface area contributed by atoms with Gasteiger partial charge in [0.05, 0.1) is 11.7 Å². The van der Waals surface area contributed by atoms with E-state index in [1.54, 1.807) is 35.9 Å². The molecule has 1 aliphatic heterocycles. The highest BCUT2D eigenvalue weighted by Crippen LogP contribution is 2.32. The number of aryl methyl sites for hydroxylation is 1. The van der Waals surface area contributed by atoms with Gasteiger partial charge in [0.25, 0.3) is 5.91 Å². The number of aromatic nitrogens is 2. The summed E-state index contributed by atoms with van der Waals surface area (Å²) in [5, 5.41) is 7.71. The number of rotatable bonds is 4. The number of hydrogen-bond donors (Lipinski definition) is 1. The van der Waals surface area contributed by atoms with Crippen LogP contribution in [-0.2, 0) is 0 Å². The maximum atomic E-state index is 12.8. The van der Waals surface area contributed by atoms with Crippen molar-refractivity contribution in [3.8, 4) is 17.2 Å². The normalized spacial score (nSPS) is 13.6. The molecule has 1 aromatic heterocycles. The Bertz CT molecular complexity index is 1160. The van der Waals surface area contributed by atoms with E-state index in [9.17, 15) is 9.59 Å². The van der Waals surface area contributed by atoms with Crippen LogP contribution >= 0.6 is 11.6 Å². The molecule has 1 amide bonds. The summed E-state index contributed by atoms with van der Waals surface area (Å²) < 4.78 is 12.7. The van der Waals surface area contributed by atoms with Gasteiger partial charge in [0.2, 0.25) is 5.43 Å². The predicted octanol–water partition coefficient (Wildman–Crippen LogP) is 3.46. The van der Waals surface area contributed by atoms with Gasteiger partial charge in [-0.1, -0.05) is 17.7 Å². The first-order chi connectivity index (χ1) is 14.4. The maximum absolute atomic E-state index is 12.8. The number of carbonyl (C=O) groups excluding carboxylic acids is 1. The van der Waals surface area contributed by atoms with Gasteiger partial charge in [-0.3, -0.25) is 9.59 Å². The van der Waals surface area contributed by atoms with Gasteiger partial charge >= 0.3 is 0 Å². The fourth-order valence-electron chi connectivity index (χ4n) is 3.23. The number of amides is 1. The highest BCUT2D eigenvalue weighted by molar-refractivity contribution is 6.30. The fraction of sp³-hybridized carbons (Fsp3) is 0.227. The van der Waals surface area contributed by atoms with Crippen molar-refractivity contribution in [2.24, 2.45) is 0 Å². The van der Waals surface area contributed by atoms with Crippen LogP contribution in [0.1, 0.15) is 34.7 Å². The summed E-state index contributed by atoms with van der Waals surface area (Å²) in [6.45, 7) is 4.57. The van der Waals surface area contributed by atoms with Gasteiger partial charge in [-0.2, -0.15) is 5.10 Å². The molecule has 1 aliphatic rings. The molecule has 2 heterocycles. The Morgan fingerprint density at radius 2 is 1.80 bits per heavy atom. The molecule has 0 radical (unpaired) electrons. The summed E-state index contributed by atoms with van der Waals surface area (Å²) >= 11 is 5.95. The molecule has 4 rings (SSSR count). The van der Waals surface area contributed by atoms with Crippen molar-refractivity contribution in [1.29, 1.82) is 0 Å². The molecular weight excluding hydrogens is 406 g/mol. The molecule has 7 nitrogen and oxygen atoms in total. The maximum Gasteiger partial charge on any atom is 0.276 e. The zero-order valence-electron chi connectivity index (χ0n) is 16.5. The average molecular weight is 426 g/mol. The van der Waals surface area contributed by atoms with E-state index in [0.29, 0.717) is 41.1 Å². The van der Waals surface area contributed by atoms with E-state index in [1.165, 1.54) is 6.07 Å². The van der Waals surface area contributed by atoms with Gasteiger partial charge in [-0.25, -0.2) is 4.68 Å². The minimum atomic E-state index is -0.551. The number of benzene rings is 2. The second-order valence-corrected chi connectivity index (χ2v) is 7.42. The van der Waals surface area contributed by atoms with Crippen LogP contribution in [0.3, 0.4) is 0 Å². The largest absolute Gasteiger partial charge is 0.486 e. The van der Waals surface area contributed by atoms with E-state index in [-0.39, 0.29) is 11.7 Å². The average Bonchev–Trinajstić information content (AvgIpc) is 2.74. The van der Waals surface area contributed by atoms with Crippen LogP contribution < -0.4 is 20.2 Å². The summed E-state index contributed by atoms with van der Waals surface area (Å²) in [5.41, 5.74) is 1.52. The molecule has 0 saturated carbocycles. The Morgan fingerprint density at radius 1 is 1.10 bits per heavy atom. The molecule has 0 aliphatic carbocycles. The molecule has 0 spiro atoms. The number of nitrogens with one attached hydrogen (secondary N) is 1. The lowest BCUT2D eigenvalue weighted by atomic mass is 10.1. The van der Waals surface area contributed by atoms with Crippen molar-refractivity contribution >= 4 is 17.5 Å². The molecule has 154 valence electrons.